The lowest BCUT2D eigenvalue weighted by atomic mass is 9.76. The Bertz CT molecular complexity index is 659. The van der Waals surface area contributed by atoms with Gasteiger partial charge in [-0.3, -0.25) is 4.79 Å². The number of benzene rings is 1. The van der Waals surface area contributed by atoms with Gasteiger partial charge in [0.25, 0.3) is 0 Å². The first-order chi connectivity index (χ1) is 15.5. The summed E-state index contributed by atoms with van der Waals surface area (Å²) in [6.45, 7) is 0.787. The zero-order valence-corrected chi connectivity index (χ0v) is 19.5. The van der Waals surface area contributed by atoms with Gasteiger partial charge >= 0.3 is 5.97 Å². The van der Waals surface area contributed by atoms with Crippen LogP contribution in [0.4, 0.5) is 0 Å². The number of hydrogen-bond donors (Lipinski definition) is 3. The summed E-state index contributed by atoms with van der Waals surface area (Å²) >= 11 is 0. The molecule has 1 aliphatic carbocycles. The lowest BCUT2D eigenvalue weighted by molar-refractivity contribution is -0.144. The minimum atomic E-state index is -1.10. The van der Waals surface area contributed by atoms with E-state index in [2.05, 4.69) is 0 Å². The number of carbonyl (C=O) groups is 1. The Hall–Kier alpha value is -1.85. The molecule has 0 radical (unpaired) electrons. The normalized spacial score (nSPS) is 22.1. The van der Waals surface area contributed by atoms with Crippen molar-refractivity contribution in [2.75, 3.05) is 6.61 Å². The molecule has 0 aliphatic heterocycles. The largest absolute Gasteiger partial charge is 0.494 e. The summed E-state index contributed by atoms with van der Waals surface area (Å²) in [5, 5.41) is 29.6. The summed E-state index contributed by atoms with van der Waals surface area (Å²) in [5.74, 6) is 0.151. The van der Waals surface area contributed by atoms with Crippen molar-refractivity contribution in [3.05, 3.63) is 42.5 Å². The second kappa shape index (κ2) is 15.1. The summed E-state index contributed by atoms with van der Waals surface area (Å²) in [6, 6.07) is 9.96. The van der Waals surface area contributed by atoms with Gasteiger partial charge in [-0.25, -0.2) is 0 Å². The van der Waals surface area contributed by atoms with Crippen molar-refractivity contribution >= 4 is 5.97 Å². The van der Waals surface area contributed by atoms with Crippen LogP contribution < -0.4 is 4.74 Å². The third kappa shape index (κ3) is 11.7. The van der Waals surface area contributed by atoms with Crippen molar-refractivity contribution in [3.63, 3.8) is 0 Å². The fourth-order valence-corrected chi connectivity index (χ4v) is 4.60. The van der Waals surface area contributed by atoms with E-state index in [1.54, 1.807) is 0 Å². The SMILES string of the molecule is O=C(O)CC1(O)CCCC(/C=C/C(O)CCCCCCCCCCOc2ccccc2)C1. The van der Waals surface area contributed by atoms with E-state index >= 15 is 0 Å². The molecule has 180 valence electrons. The van der Waals surface area contributed by atoms with E-state index in [0.717, 1.165) is 50.9 Å². The fraction of sp³-hybridized carbons (Fsp3) is 0.667. The highest BCUT2D eigenvalue weighted by Crippen LogP contribution is 2.35. The monoisotopic (exact) mass is 446 g/mol. The maximum Gasteiger partial charge on any atom is 0.306 e. The Balaban J connectivity index is 1.43. The number of unbranched alkanes of at least 4 members (excludes halogenated alkanes) is 7. The number of aliphatic hydroxyl groups is 2. The molecule has 1 aromatic rings. The smallest absolute Gasteiger partial charge is 0.306 e. The van der Waals surface area contributed by atoms with Crippen LogP contribution in [0.2, 0.25) is 0 Å². The van der Waals surface area contributed by atoms with E-state index in [9.17, 15) is 15.0 Å². The van der Waals surface area contributed by atoms with Crippen LogP contribution in [-0.4, -0.2) is 39.6 Å². The Morgan fingerprint density at radius 3 is 2.41 bits per heavy atom. The summed E-state index contributed by atoms with van der Waals surface area (Å²) in [6.07, 6.45) is 16.2. The van der Waals surface area contributed by atoms with Crippen LogP contribution in [0.25, 0.3) is 0 Å². The van der Waals surface area contributed by atoms with Crippen LogP contribution in [0.15, 0.2) is 42.5 Å². The topological polar surface area (TPSA) is 87.0 Å². The van der Waals surface area contributed by atoms with Gasteiger partial charge in [0.15, 0.2) is 0 Å². The molecular weight excluding hydrogens is 404 g/mol. The highest BCUT2D eigenvalue weighted by Gasteiger charge is 2.35. The number of carboxylic acid groups (broad SMARTS) is 1. The van der Waals surface area contributed by atoms with E-state index in [-0.39, 0.29) is 12.3 Å². The molecule has 0 amide bonds. The molecule has 32 heavy (non-hydrogen) atoms. The molecule has 3 unspecified atom stereocenters. The summed E-state index contributed by atoms with van der Waals surface area (Å²) < 4.78 is 5.71. The van der Waals surface area contributed by atoms with E-state index in [1.165, 1.54) is 32.1 Å². The second-order valence-electron chi connectivity index (χ2n) is 9.38. The van der Waals surface area contributed by atoms with Gasteiger partial charge in [-0.05, 0) is 56.6 Å². The molecule has 0 bridgehead atoms. The minimum Gasteiger partial charge on any atom is -0.494 e. The summed E-state index contributed by atoms with van der Waals surface area (Å²) in [5.41, 5.74) is -1.10. The van der Waals surface area contributed by atoms with E-state index in [0.29, 0.717) is 12.8 Å². The van der Waals surface area contributed by atoms with Crippen LogP contribution in [-0.2, 0) is 4.79 Å². The first-order valence-corrected chi connectivity index (χ1v) is 12.5. The van der Waals surface area contributed by atoms with Crippen LogP contribution in [0.5, 0.6) is 5.75 Å². The molecule has 1 fully saturated rings. The van der Waals surface area contributed by atoms with Crippen molar-refractivity contribution in [2.24, 2.45) is 5.92 Å². The van der Waals surface area contributed by atoms with E-state index in [1.807, 2.05) is 42.5 Å². The van der Waals surface area contributed by atoms with Gasteiger partial charge in [0.05, 0.1) is 24.7 Å². The van der Waals surface area contributed by atoms with Gasteiger partial charge in [0.2, 0.25) is 0 Å². The van der Waals surface area contributed by atoms with Crippen molar-refractivity contribution in [1.82, 2.24) is 0 Å². The minimum absolute atomic E-state index is 0.154. The molecule has 5 heteroatoms. The standard InChI is InChI=1S/C27H42O5/c28-24(18-17-23-13-12-19-27(31,21-23)22-26(29)30)14-8-5-3-1-2-4-6-11-20-32-25-15-9-7-10-16-25/h7,9-10,15-18,23-24,28,31H,1-6,8,11-14,19-22H2,(H,29,30)/b18-17+. The third-order valence-electron chi connectivity index (χ3n) is 6.35. The Kier molecular flexibility index (Phi) is 12.4. The number of aliphatic carboxylic acids is 1. The molecule has 1 aliphatic rings. The second-order valence-corrected chi connectivity index (χ2v) is 9.38. The molecule has 2 rings (SSSR count). The van der Waals surface area contributed by atoms with Crippen LogP contribution in [0.3, 0.4) is 0 Å². The highest BCUT2D eigenvalue weighted by atomic mass is 16.5. The van der Waals surface area contributed by atoms with Crippen LogP contribution >= 0.6 is 0 Å². The number of aliphatic hydroxyl groups excluding tert-OH is 1. The maximum absolute atomic E-state index is 10.9. The van der Waals surface area contributed by atoms with Crippen molar-refractivity contribution in [2.45, 2.75) is 102 Å². The summed E-state index contributed by atoms with van der Waals surface area (Å²) in [7, 11) is 0. The quantitative estimate of drug-likeness (QED) is 0.218. The van der Waals surface area contributed by atoms with Crippen LogP contribution in [0.1, 0.15) is 89.9 Å². The number of carboxylic acids is 1. The number of ether oxygens (including phenoxy) is 1. The van der Waals surface area contributed by atoms with Gasteiger partial charge < -0.3 is 20.1 Å². The Morgan fingerprint density at radius 1 is 1.06 bits per heavy atom. The van der Waals surface area contributed by atoms with E-state index < -0.39 is 17.7 Å². The Labute approximate surface area is 193 Å². The number of para-hydroxylation sites is 1. The average molecular weight is 447 g/mol. The van der Waals surface area contributed by atoms with E-state index in [4.69, 9.17) is 9.84 Å². The van der Waals surface area contributed by atoms with Crippen molar-refractivity contribution in [3.8, 4) is 5.75 Å². The molecule has 5 nitrogen and oxygen atoms in total. The molecule has 0 aromatic heterocycles. The Morgan fingerprint density at radius 2 is 1.72 bits per heavy atom. The van der Waals surface area contributed by atoms with Gasteiger partial charge in [-0.15, -0.1) is 0 Å². The molecule has 0 heterocycles. The van der Waals surface area contributed by atoms with Crippen molar-refractivity contribution in [1.29, 1.82) is 0 Å². The number of hydrogen-bond acceptors (Lipinski definition) is 4. The molecule has 3 N–H and O–H groups in total. The average Bonchev–Trinajstić information content (AvgIpc) is 2.76. The van der Waals surface area contributed by atoms with Gasteiger partial charge in [0, 0.05) is 0 Å². The van der Waals surface area contributed by atoms with Gasteiger partial charge in [0.1, 0.15) is 5.75 Å². The first-order valence-electron chi connectivity index (χ1n) is 12.5. The molecule has 1 aromatic carbocycles. The first kappa shape index (κ1) is 26.4. The summed E-state index contributed by atoms with van der Waals surface area (Å²) in [4.78, 5) is 10.9. The lowest BCUT2D eigenvalue weighted by Gasteiger charge is -2.34. The number of allylic oxidation sites excluding steroid dienone is 1. The molecule has 0 saturated heterocycles. The van der Waals surface area contributed by atoms with Crippen molar-refractivity contribution < 1.29 is 24.9 Å². The van der Waals surface area contributed by atoms with Gasteiger partial charge in [-0.1, -0.05) is 75.3 Å². The molecule has 3 atom stereocenters. The highest BCUT2D eigenvalue weighted by molar-refractivity contribution is 5.68. The zero-order valence-electron chi connectivity index (χ0n) is 19.5. The fourth-order valence-electron chi connectivity index (χ4n) is 4.60. The molecule has 0 spiro atoms. The number of rotatable bonds is 16. The lowest BCUT2D eigenvalue weighted by Crippen LogP contribution is -2.37. The van der Waals surface area contributed by atoms with Gasteiger partial charge in [-0.2, -0.15) is 0 Å². The predicted molar refractivity (Wildman–Crippen MR) is 128 cm³/mol. The molecular formula is C27H42O5. The predicted octanol–water partition coefficient (Wildman–Crippen LogP) is 5.89. The maximum atomic E-state index is 10.9. The van der Waals surface area contributed by atoms with Crippen LogP contribution in [0, 0.1) is 5.92 Å². The molecule has 1 saturated carbocycles. The third-order valence-corrected chi connectivity index (χ3v) is 6.35. The zero-order chi connectivity index (χ0) is 23.1.